The van der Waals surface area contributed by atoms with Crippen molar-refractivity contribution < 1.29 is 0 Å². The topological polar surface area (TPSA) is 38.7 Å². The molecule has 0 fully saturated rings. The second-order valence-electron chi connectivity index (χ2n) is 15.1. The summed E-state index contributed by atoms with van der Waals surface area (Å²) in [4.78, 5) is 15.8. The molecule has 3 nitrogen and oxygen atoms in total. The fourth-order valence-electron chi connectivity index (χ4n) is 9.65. The Morgan fingerprint density at radius 1 is 0.298 bits per heavy atom. The first-order valence-corrected chi connectivity index (χ1v) is 19.5. The van der Waals surface area contributed by atoms with Crippen LogP contribution in [0.5, 0.6) is 0 Å². The van der Waals surface area contributed by atoms with E-state index in [1.807, 2.05) is 12.1 Å². The molecule has 2 heterocycles. The number of nitrogens with zero attached hydrogens (tertiary/aromatic N) is 3. The molecular weight excluding hydrogens is 691 g/mol. The van der Waals surface area contributed by atoms with Crippen LogP contribution in [0.15, 0.2) is 200 Å². The Morgan fingerprint density at radius 2 is 0.807 bits per heavy atom. The average Bonchev–Trinajstić information content (AvgIpc) is 3.75. The van der Waals surface area contributed by atoms with Gasteiger partial charge in [-0.25, -0.2) is 15.0 Å². The molecular formula is C54H33N3. The SMILES string of the molecule is c1ccc(-c2cc(-c3ccccc3)nc(-c3cccc(-c4nc5ccccc5c5cc6c(cc45)C4(c5ccccc5-c5ccccc54)c4ccccc4-6)c3)n2)cc1. The van der Waals surface area contributed by atoms with Gasteiger partial charge >= 0.3 is 0 Å². The number of para-hydroxylation sites is 1. The summed E-state index contributed by atoms with van der Waals surface area (Å²) in [6, 6.07) is 71.8. The van der Waals surface area contributed by atoms with Crippen LogP contribution in [0.2, 0.25) is 0 Å². The van der Waals surface area contributed by atoms with Crippen molar-refractivity contribution in [3.05, 3.63) is 222 Å². The summed E-state index contributed by atoms with van der Waals surface area (Å²) in [5, 5.41) is 3.47. The van der Waals surface area contributed by atoms with E-state index in [1.54, 1.807) is 0 Å². The van der Waals surface area contributed by atoms with E-state index in [0.717, 1.165) is 55.6 Å². The highest BCUT2D eigenvalue weighted by Crippen LogP contribution is 2.63. The zero-order valence-electron chi connectivity index (χ0n) is 30.9. The zero-order valence-corrected chi connectivity index (χ0v) is 30.9. The summed E-state index contributed by atoms with van der Waals surface area (Å²) in [5.41, 5.74) is 17.8. The van der Waals surface area contributed by atoms with Crippen LogP contribution in [-0.4, -0.2) is 15.0 Å². The molecule has 57 heavy (non-hydrogen) atoms. The molecule has 8 aromatic carbocycles. The van der Waals surface area contributed by atoms with Crippen molar-refractivity contribution in [1.82, 2.24) is 15.0 Å². The molecule has 0 saturated heterocycles. The predicted molar refractivity (Wildman–Crippen MR) is 233 cm³/mol. The molecule has 2 aliphatic rings. The van der Waals surface area contributed by atoms with E-state index < -0.39 is 5.41 Å². The van der Waals surface area contributed by atoms with Gasteiger partial charge in [0.1, 0.15) is 0 Å². The molecule has 0 bridgehead atoms. The van der Waals surface area contributed by atoms with Crippen LogP contribution in [0.3, 0.4) is 0 Å². The molecule has 1 spiro atoms. The van der Waals surface area contributed by atoms with Gasteiger partial charge in [-0.05, 0) is 80.2 Å². The molecule has 0 aliphatic heterocycles. The Kier molecular flexibility index (Phi) is 6.84. The first kappa shape index (κ1) is 31.8. The van der Waals surface area contributed by atoms with Crippen LogP contribution in [0.4, 0.5) is 0 Å². The normalized spacial score (nSPS) is 13.1. The van der Waals surface area contributed by atoms with Gasteiger partial charge in [-0.1, -0.05) is 170 Å². The van der Waals surface area contributed by atoms with E-state index in [4.69, 9.17) is 15.0 Å². The Labute approximate surface area is 330 Å². The fraction of sp³-hybridized carbons (Fsp3) is 0.0185. The predicted octanol–water partition coefficient (Wildman–Crippen LogP) is 13.2. The summed E-state index contributed by atoms with van der Waals surface area (Å²) >= 11 is 0. The molecule has 0 N–H and O–H groups in total. The molecule has 0 amide bonds. The highest BCUT2D eigenvalue weighted by atomic mass is 14.9. The summed E-state index contributed by atoms with van der Waals surface area (Å²) in [7, 11) is 0. The second kappa shape index (κ2) is 12.3. The summed E-state index contributed by atoms with van der Waals surface area (Å²) in [5.74, 6) is 0.677. The van der Waals surface area contributed by atoms with Crippen molar-refractivity contribution in [2.75, 3.05) is 0 Å². The van der Waals surface area contributed by atoms with E-state index in [-0.39, 0.29) is 0 Å². The van der Waals surface area contributed by atoms with Crippen LogP contribution >= 0.6 is 0 Å². The number of hydrogen-bond acceptors (Lipinski definition) is 3. The number of benzene rings is 8. The maximum atomic E-state index is 5.48. The number of aromatic nitrogens is 3. The lowest BCUT2D eigenvalue weighted by Crippen LogP contribution is -2.25. The Balaban J connectivity index is 1.12. The smallest absolute Gasteiger partial charge is 0.160 e. The zero-order chi connectivity index (χ0) is 37.5. The largest absolute Gasteiger partial charge is 0.247 e. The van der Waals surface area contributed by atoms with E-state index in [1.165, 1.54) is 49.9 Å². The standard InChI is InChI=1S/C54H33N3/c1-3-16-34(17-4-1)50-33-51(35-18-5-2-6-19-35)57-53(56-50)37-21-15-20-36(30-37)52-44-32-48-43(31-42(44)41-25-10-14-29-49(41)55-52)40-24-9-13-28-47(40)54(48)45-26-11-7-22-38(45)39-23-8-12-27-46(39)54/h1-33H. The van der Waals surface area contributed by atoms with Crippen molar-refractivity contribution in [2.24, 2.45) is 0 Å². The van der Waals surface area contributed by atoms with Crippen LogP contribution in [0.25, 0.3) is 89.1 Å². The maximum Gasteiger partial charge on any atom is 0.160 e. The van der Waals surface area contributed by atoms with Gasteiger partial charge in [0.2, 0.25) is 0 Å². The van der Waals surface area contributed by atoms with Gasteiger partial charge < -0.3 is 0 Å². The Morgan fingerprint density at radius 3 is 1.44 bits per heavy atom. The van der Waals surface area contributed by atoms with Gasteiger partial charge in [-0.15, -0.1) is 0 Å². The summed E-state index contributed by atoms with van der Waals surface area (Å²) in [6.07, 6.45) is 0. The lowest BCUT2D eigenvalue weighted by atomic mass is 9.70. The molecule has 2 aliphatic carbocycles. The molecule has 0 radical (unpaired) electrons. The minimum absolute atomic E-state index is 0.447. The molecule has 264 valence electrons. The third kappa shape index (κ3) is 4.63. The number of hydrogen-bond donors (Lipinski definition) is 0. The highest BCUT2D eigenvalue weighted by molar-refractivity contribution is 6.14. The molecule has 0 atom stereocenters. The van der Waals surface area contributed by atoms with Crippen molar-refractivity contribution in [3.63, 3.8) is 0 Å². The van der Waals surface area contributed by atoms with Gasteiger partial charge in [0.25, 0.3) is 0 Å². The lowest BCUT2D eigenvalue weighted by molar-refractivity contribution is 0.795. The van der Waals surface area contributed by atoms with Gasteiger partial charge in [-0.3, -0.25) is 0 Å². The van der Waals surface area contributed by atoms with Crippen LogP contribution in [0.1, 0.15) is 22.3 Å². The van der Waals surface area contributed by atoms with Crippen LogP contribution in [0, 0.1) is 0 Å². The van der Waals surface area contributed by atoms with Gasteiger partial charge in [-0.2, -0.15) is 0 Å². The monoisotopic (exact) mass is 723 g/mol. The first-order chi connectivity index (χ1) is 28.3. The van der Waals surface area contributed by atoms with Gasteiger partial charge in [0.05, 0.1) is 28.0 Å². The Hall–Kier alpha value is -7.49. The lowest BCUT2D eigenvalue weighted by Gasteiger charge is -2.30. The molecule has 0 unspecified atom stereocenters. The van der Waals surface area contributed by atoms with Gasteiger partial charge in [0.15, 0.2) is 5.82 Å². The third-order valence-electron chi connectivity index (χ3n) is 12.1. The Bertz CT molecular complexity index is 3140. The second-order valence-corrected chi connectivity index (χ2v) is 15.1. The van der Waals surface area contributed by atoms with Crippen molar-refractivity contribution >= 4 is 21.7 Å². The molecule has 3 heteroatoms. The van der Waals surface area contributed by atoms with E-state index >= 15 is 0 Å². The number of fused-ring (bicyclic) bond motifs is 13. The van der Waals surface area contributed by atoms with Crippen molar-refractivity contribution in [3.8, 4) is 67.4 Å². The molecule has 2 aromatic heterocycles. The van der Waals surface area contributed by atoms with Crippen molar-refractivity contribution in [1.29, 1.82) is 0 Å². The van der Waals surface area contributed by atoms with E-state index in [0.29, 0.717) is 5.82 Å². The summed E-state index contributed by atoms with van der Waals surface area (Å²) in [6.45, 7) is 0. The fourth-order valence-corrected chi connectivity index (χ4v) is 9.65. The number of rotatable bonds is 4. The average molecular weight is 724 g/mol. The van der Waals surface area contributed by atoms with Crippen molar-refractivity contribution in [2.45, 2.75) is 5.41 Å². The van der Waals surface area contributed by atoms with Crippen LogP contribution in [-0.2, 0) is 5.41 Å². The molecule has 12 rings (SSSR count). The quantitative estimate of drug-likeness (QED) is 0.170. The minimum atomic E-state index is -0.447. The summed E-state index contributed by atoms with van der Waals surface area (Å²) < 4.78 is 0. The van der Waals surface area contributed by atoms with Crippen LogP contribution < -0.4 is 0 Å². The third-order valence-corrected chi connectivity index (χ3v) is 12.1. The van der Waals surface area contributed by atoms with Gasteiger partial charge in [0, 0.05) is 33.0 Å². The maximum absolute atomic E-state index is 5.48. The number of pyridine rings is 1. The molecule has 0 saturated carbocycles. The molecule has 10 aromatic rings. The minimum Gasteiger partial charge on any atom is -0.247 e. The first-order valence-electron chi connectivity index (χ1n) is 19.5. The van der Waals surface area contributed by atoms with E-state index in [2.05, 4.69) is 188 Å². The highest BCUT2D eigenvalue weighted by Gasteiger charge is 2.51. The van der Waals surface area contributed by atoms with E-state index in [9.17, 15) is 0 Å².